The molecule has 0 saturated carbocycles. The molecular weight excluding hydrogens is 546 g/mol. The molecular formula is C33H39N5O5. The van der Waals surface area contributed by atoms with Crippen LogP contribution in [0.15, 0.2) is 55.1 Å². The fourth-order valence-electron chi connectivity index (χ4n) is 5.31. The molecule has 226 valence electrons. The maximum atomic E-state index is 13.0. The number of aryl methyl sites for hydroxylation is 2. The van der Waals surface area contributed by atoms with Gasteiger partial charge < -0.3 is 20.3 Å². The number of nitrogens with one attached hydrogen (secondary N) is 1. The number of Topliss-reactive ketones (excluding diaryl/α,β-unsaturated/α-hetero) is 2. The Bertz CT molecular complexity index is 1630. The molecule has 1 aliphatic rings. The Morgan fingerprint density at radius 1 is 1.00 bits per heavy atom. The van der Waals surface area contributed by atoms with Crippen LogP contribution in [0.1, 0.15) is 79.4 Å². The third-order valence-corrected chi connectivity index (χ3v) is 7.93. The number of nitrogens with zero attached hydrogens (tertiary/aromatic N) is 4. The molecule has 0 radical (unpaired) electrons. The van der Waals surface area contributed by atoms with Crippen LogP contribution in [-0.4, -0.2) is 59.6 Å². The van der Waals surface area contributed by atoms with E-state index in [-0.39, 0.29) is 23.4 Å². The molecule has 0 aliphatic carbocycles. The summed E-state index contributed by atoms with van der Waals surface area (Å²) < 4.78 is 7.24. The Balaban J connectivity index is 1.21. The molecule has 4 atom stereocenters. The van der Waals surface area contributed by atoms with E-state index in [0.29, 0.717) is 36.4 Å². The van der Waals surface area contributed by atoms with Crippen molar-refractivity contribution in [3.63, 3.8) is 0 Å². The largest absolute Gasteiger partial charge is 0.387 e. The second-order valence-electron chi connectivity index (χ2n) is 12.2. The molecule has 0 amide bonds. The summed E-state index contributed by atoms with van der Waals surface area (Å²) in [6.07, 6.45) is -0.627. The van der Waals surface area contributed by atoms with Crippen LogP contribution in [-0.2, 0) is 27.9 Å². The van der Waals surface area contributed by atoms with Gasteiger partial charge in [-0.15, -0.1) is 0 Å². The van der Waals surface area contributed by atoms with Crippen molar-refractivity contribution < 1.29 is 24.5 Å². The second-order valence-corrected chi connectivity index (χ2v) is 12.2. The van der Waals surface area contributed by atoms with Gasteiger partial charge in [0, 0.05) is 24.9 Å². The molecule has 10 heteroatoms. The minimum atomic E-state index is -1.33. The second kappa shape index (κ2) is 12.3. The van der Waals surface area contributed by atoms with Gasteiger partial charge >= 0.3 is 0 Å². The summed E-state index contributed by atoms with van der Waals surface area (Å²) in [6.45, 7) is 10.7. The number of benzene rings is 2. The van der Waals surface area contributed by atoms with E-state index in [1.54, 1.807) is 6.92 Å². The highest BCUT2D eigenvalue weighted by Crippen LogP contribution is 2.33. The standard InChI is InChI=1S/C33H39N5O5/c1-6-24(39)29-27(41)28(42)32(43-29)38-18-37-26-30(35-17-36-31(26)38)34-16-21-9-7-20(8-10-21)11-12-25(40)22-13-19(2)14-23(15-22)33(3,4)5/h7-10,13-15,17-18,27-29,32,41-42H,6,11-12,16H2,1-5H3,(H,34,35,36)/t27-,28?,29-,32-/m1/s1. The summed E-state index contributed by atoms with van der Waals surface area (Å²) in [6, 6.07) is 14.2. The Hall–Kier alpha value is -3.99. The zero-order chi connectivity index (χ0) is 30.9. The predicted octanol–water partition coefficient (Wildman–Crippen LogP) is 4.46. The van der Waals surface area contributed by atoms with E-state index in [0.717, 1.165) is 22.3 Å². The minimum Gasteiger partial charge on any atom is -0.387 e. The maximum Gasteiger partial charge on any atom is 0.167 e. The number of hydrogen-bond acceptors (Lipinski definition) is 9. The van der Waals surface area contributed by atoms with Crippen LogP contribution in [0.4, 0.5) is 5.82 Å². The molecule has 1 fully saturated rings. The zero-order valence-corrected chi connectivity index (χ0v) is 25.2. The molecule has 2 aromatic heterocycles. The molecule has 4 aromatic rings. The van der Waals surface area contributed by atoms with E-state index in [1.807, 2.05) is 43.3 Å². The quantitative estimate of drug-likeness (QED) is 0.230. The van der Waals surface area contributed by atoms with Crippen LogP contribution in [0, 0.1) is 6.92 Å². The van der Waals surface area contributed by atoms with Gasteiger partial charge in [0.05, 0.1) is 6.33 Å². The number of carbonyl (C=O) groups is 2. The lowest BCUT2D eigenvalue weighted by molar-refractivity contribution is -0.135. The van der Waals surface area contributed by atoms with Crippen LogP contribution in [0.2, 0.25) is 0 Å². The van der Waals surface area contributed by atoms with Crippen LogP contribution in [0.5, 0.6) is 0 Å². The summed E-state index contributed by atoms with van der Waals surface area (Å²) in [5, 5.41) is 24.2. The average molecular weight is 586 g/mol. The molecule has 1 aliphatic heterocycles. The number of aliphatic hydroxyl groups is 2. The number of fused-ring (bicyclic) bond motifs is 1. The van der Waals surface area contributed by atoms with Crippen LogP contribution in [0.3, 0.4) is 0 Å². The topological polar surface area (TPSA) is 139 Å². The summed E-state index contributed by atoms with van der Waals surface area (Å²) in [4.78, 5) is 38.2. The van der Waals surface area contributed by atoms with Crippen LogP contribution in [0.25, 0.3) is 11.2 Å². The van der Waals surface area contributed by atoms with E-state index >= 15 is 0 Å². The van der Waals surface area contributed by atoms with Crippen molar-refractivity contribution in [3.05, 3.63) is 82.9 Å². The first-order valence-electron chi connectivity index (χ1n) is 14.6. The van der Waals surface area contributed by atoms with E-state index in [2.05, 4.69) is 47.1 Å². The van der Waals surface area contributed by atoms with Gasteiger partial charge in [0.25, 0.3) is 0 Å². The lowest BCUT2D eigenvalue weighted by atomic mass is 9.84. The monoisotopic (exact) mass is 585 g/mol. The van der Waals surface area contributed by atoms with Crippen molar-refractivity contribution in [2.45, 2.75) is 90.4 Å². The summed E-state index contributed by atoms with van der Waals surface area (Å²) in [5.41, 5.74) is 6.00. The normalized spacial score (nSPS) is 20.4. The highest BCUT2D eigenvalue weighted by molar-refractivity contribution is 5.96. The fourth-order valence-corrected chi connectivity index (χ4v) is 5.31. The third-order valence-electron chi connectivity index (χ3n) is 7.93. The van der Waals surface area contributed by atoms with E-state index in [4.69, 9.17) is 4.74 Å². The van der Waals surface area contributed by atoms with Gasteiger partial charge in [-0.1, -0.05) is 63.6 Å². The summed E-state index contributed by atoms with van der Waals surface area (Å²) >= 11 is 0. The highest BCUT2D eigenvalue weighted by Gasteiger charge is 2.47. The average Bonchev–Trinajstić information content (AvgIpc) is 3.54. The molecule has 0 bridgehead atoms. The molecule has 1 unspecified atom stereocenters. The number of ether oxygens (including phenoxy) is 1. The fraction of sp³-hybridized carbons (Fsp3) is 0.424. The number of aliphatic hydroxyl groups excluding tert-OH is 2. The van der Waals surface area contributed by atoms with Crippen LogP contribution < -0.4 is 5.32 Å². The maximum absolute atomic E-state index is 13.0. The van der Waals surface area contributed by atoms with E-state index in [1.165, 1.54) is 22.8 Å². The van der Waals surface area contributed by atoms with Crippen LogP contribution >= 0.6 is 0 Å². The van der Waals surface area contributed by atoms with Gasteiger partial charge in [0.1, 0.15) is 24.6 Å². The Morgan fingerprint density at radius 3 is 2.42 bits per heavy atom. The molecule has 2 aromatic carbocycles. The Kier molecular flexibility index (Phi) is 8.73. The van der Waals surface area contributed by atoms with Gasteiger partial charge in [-0.2, -0.15) is 0 Å². The molecule has 3 N–H and O–H groups in total. The van der Waals surface area contributed by atoms with Crippen molar-refractivity contribution in [2.24, 2.45) is 0 Å². The number of aromatic nitrogens is 4. The smallest absolute Gasteiger partial charge is 0.167 e. The number of imidazole rings is 1. The minimum absolute atomic E-state index is 0.0154. The first kappa shape index (κ1) is 30.5. The van der Waals surface area contributed by atoms with Gasteiger partial charge in [0.15, 0.2) is 34.8 Å². The summed E-state index contributed by atoms with van der Waals surface area (Å²) in [7, 11) is 0. The van der Waals surface area contributed by atoms with E-state index < -0.39 is 24.5 Å². The van der Waals surface area contributed by atoms with Crippen molar-refractivity contribution in [1.29, 1.82) is 0 Å². The number of ketones is 2. The van der Waals surface area contributed by atoms with Gasteiger partial charge in [0.2, 0.25) is 0 Å². The Labute approximate surface area is 251 Å². The number of hydrogen-bond donors (Lipinski definition) is 3. The molecule has 5 rings (SSSR count). The van der Waals surface area contributed by atoms with Crippen molar-refractivity contribution in [1.82, 2.24) is 19.5 Å². The molecule has 10 nitrogen and oxygen atoms in total. The number of anilines is 1. The number of carbonyl (C=O) groups excluding carboxylic acids is 2. The lowest BCUT2D eigenvalue weighted by Gasteiger charge is -2.20. The molecule has 43 heavy (non-hydrogen) atoms. The van der Waals surface area contributed by atoms with Crippen molar-refractivity contribution in [2.75, 3.05) is 5.32 Å². The van der Waals surface area contributed by atoms with Gasteiger partial charge in [-0.3, -0.25) is 14.2 Å². The SMILES string of the molecule is CCC(=O)[C@H]1O[C@@H](n2cnc3c(NCc4ccc(CCC(=O)c5cc(C)cc(C(C)(C)C)c5)cc4)ncnc32)C(O)[C@H]1O. The van der Waals surface area contributed by atoms with Gasteiger partial charge in [-0.25, -0.2) is 15.0 Å². The molecule has 0 spiro atoms. The van der Waals surface area contributed by atoms with Crippen molar-refractivity contribution >= 4 is 28.5 Å². The molecule has 1 saturated heterocycles. The highest BCUT2D eigenvalue weighted by atomic mass is 16.6. The van der Waals surface area contributed by atoms with Crippen molar-refractivity contribution in [3.8, 4) is 0 Å². The molecule has 3 heterocycles. The van der Waals surface area contributed by atoms with Gasteiger partial charge in [-0.05, 0) is 47.6 Å². The van der Waals surface area contributed by atoms with E-state index in [9.17, 15) is 19.8 Å². The summed E-state index contributed by atoms with van der Waals surface area (Å²) in [5.74, 6) is 0.360. The Morgan fingerprint density at radius 2 is 1.72 bits per heavy atom. The predicted molar refractivity (Wildman–Crippen MR) is 163 cm³/mol. The lowest BCUT2D eigenvalue weighted by Crippen LogP contribution is -2.35. The number of rotatable bonds is 10. The first-order chi connectivity index (χ1) is 20.5. The zero-order valence-electron chi connectivity index (χ0n) is 25.2. The third kappa shape index (κ3) is 6.51. The first-order valence-corrected chi connectivity index (χ1v) is 14.6.